The minimum Gasteiger partial charge on any atom is -0.396 e. The van der Waals surface area contributed by atoms with Crippen LogP contribution in [0.3, 0.4) is 0 Å². The summed E-state index contributed by atoms with van der Waals surface area (Å²) in [6, 6.07) is 9.21. The van der Waals surface area contributed by atoms with Gasteiger partial charge in [0, 0.05) is 19.2 Å². The average molecular weight is 275 g/mol. The van der Waals surface area contributed by atoms with Gasteiger partial charge in [-0.25, -0.2) is 0 Å². The number of benzene rings is 1. The first-order valence-corrected chi connectivity index (χ1v) is 7.93. The Bertz CT molecular complexity index is 433. The molecule has 1 saturated heterocycles. The number of piperidine rings is 1. The maximum absolute atomic E-state index is 9.24. The maximum atomic E-state index is 9.24. The van der Waals surface area contributed by atoms with E-state index in [2.05, 4.69) is 29.2 Å². The molecular formula is C17H25NO2. The SMILES string of the molecule is OCCC1CCCCN1CC1OCCc2ccccc21. The molecular weight excluding hydrogens is 250 g/mol. The van der Waals surface area contributed by atoms with Gasteiger partial charge in [-0.2, -0.15) is 0 Å². The molecule has 2 aliphatic rings. The predicted molar refractivity (Wildman–Crippen MR) is 79.8 cm³/mol. The molecule has 0 bridgehead atoms. The second-order valence-electron chi connectivity index (χ2n) is 5.97. The number of aliphatic hydroxyl groups excluding tert-OH is 1. The lowest BCUT2D eigenvalue weighted by molar-refractivity contribution is -0.00465. The number of aliphatic hydroxyl groups is 1. The molecule has 0 aliphatic carbocycles. The van der Waals surface area contributed by atoms with Gasteiger partial charge in [0.05, 0.1) is 12.7 Å². The minimum absolute atomic E-state index is 0.208. The van der Waals surface area contributed by atoms with Gasteiger partial charge >= 0.3 is 0 Å². The van der Waals surface area contributed by atoms with Crippen molar-refractivity contribution in [1.29, 1.82) is 0 Å². The zero-order valence-electron chi connectivity index (χ0n) is 12.1. The van der Waals surface area contributed by atoms with Crippen molar-refractivity contribution in [2.75, 3.05) is 26.3 Å². The molecule has 3 nitrogen and oxygen atoms in total. The number of fused-ring (bicyclic) bond motifs is 1. The number of ether oxygens (including phenoxy) is 1. The maximum Gasteiger partial charge on any atom is 0.0954 e. The highest BCUT2D eigenvalue weighted by atomic mass is 16.5. The molecule has 0 radical (unpaired) electrons. The molecule has 0 aromatic heterocycles. The zero-order chi connectivity index (χ0) is 13.8. The molecule has 1 N–H and O–H groups in total. The summed E-state index contributed by atoms with van der Waals surface area (Å²) in [7, 11) is 0. The lowest BCUT2D eigenvalue weighted by Gasteiger charge is -2.39. The van der Waals surface area contributed by atoms with E-state index in [4.69, 9.17) is 4.74 Å². The quantitative estimate of drug-likeness (QED) is 0.916. The molecule has 20 heavy (non-hydrogen) atoms. The van der Waals surface area contributed by atoms with Crippen molar-refractivity contribution in [1.82, 2.24) is 4.90 Å². The van der Waals surface area contributed by atoms with Crippen LogP contribution >= 0.6 is 0 Å². The third-order valence-electron chi connectivity index (χ3n) is 4.70. The normalized spacial score (nSPS) is 27.2. The molecule has 110 valence electrons. The Hall–Kier alpha value is -0.900. The molecule has 1 aromatic carbocycles. The molecule has 2 heterocycles. The third-order valence-corrected chi connectivity index (χ3v) is 4.70. The van der Waals surface area contributed by atoms with Gasteiger partial charge in [0.15, 0.2) is 0 Å². The Balaban J connectivity index is 1.71. The number of likely N-dealkylation sites (tertiary alicyclic amines) is 1. The number of hydrogen-bond acceptors (Lipinski definition) is 3. The number of nitrogens with zero attached hydrogens (tertiary/aromatic N) is 1. The van der Waals surface area contributed by atoms with Gasteiger partial charge < -0.3 is 9.84 Å². The molecule has 0 amide bonds. The molecule has 3 heteroatoms. The summed E-state index contributed by atoms with van der Waals surface area (Å²) in [5, 5.41) is 9.24. The standard InChI is InChI=1S/C17H25NO2/c19-11-8-15-6-3-4-10-18(15)13-17-16-7-2-1-5-14(16)9-12-20-17/h1-2,5,7,15,17,19H,3-4,6,8-13H2. The fourth-order valence-electron chi connectivity index (χ4n) is 3.62. The largest absolute Gasteiger partial charge is 0.396 e. The van der Waals surface area contributed by atoms with Crippen molar-refractivity contribution in [2.24, 2.45) is 0 Å². The molecule has 3 rings (SSSR count). The van der Waals surface area contributed by atoms with Gasteiger partial charge in [-0.3, -0.25) is 4.90 Å². The van der Waals surface area contributed by atoms with Gasteiger partial charge in [-0.15, -0.1) is 0 Å². The van der Waals surface area contributed by atoms with E-state index in [1.807, 2.05) is 0 Å². The molecule has 2 aliphatic heterocycles. The van der Waals surface area contributed by atoms with Gasteiger partial charge in [0.1, 0.15) is 0 Å². The molecule has 2 unspecified atom stereocenters. The highest BCUT2D eigenvalue weighted by Crippen LogP contribution is 2.30. The van der Waals surface area contributed by atoms with E-state index in [1.54, 1.807) is 0 Å². The van der Waals surface area contributed by atoms with E-state index in [1.165, 1.54) is 30.4 Å². The van der Waals surface area contributed by atoms with Crippen LogP contribution in [0.5, 0.6) is 0 Å². The molecule has 0 spiro atoms. The Morgan fingerprint density at radius 1 is 1.25 bits per heavy atom. The Kier molecular flexibility index (Phi) is 4.71. The topological polar surface area (TPSA) is 32.7 Å². The fourth-order valence-corrected chi connectivity index (χ4v) is 3.62. The Morgan fingerprint density at radius 2 is 2.15 bits per heavy atom. The van der Waals surface area contributed by atoms with Crippen molar-refractivity contribution >= 4 is 0 Å². The van der Waals surface area contributed by atoms with Crippen molar-refractivity contribution < 1.29 is 9.84 Å². The van der Waals surface area contributed by atoms with E-state index < -0.39 is 0 Å². The first-order valence-electron chi connectivity index (χ1n) is 7.93. The van der Waals surface area contributed by atoms with Crippen LogP contribution in [0, 0.1) is 0 Å². The molecule has 2 atom stereocenters. The van der Waals surface area contributed by atoms with Gasteiger partial charge in [0.25, 0.3) is 0 Å². The van der Waals surface area contributed by atoms with Gasteiger partial charge in [-0.05, 0) is 43.4 Å². The van der Waals surface area contributed by atoms with E-state index in [9.17, 15) is 5.11 Å². The fraction of sp³-hybridized carbons (Fsp3) is 0.647. The van der Waals surface area contributed by atoms with E-state index in [-0.39, 0.29) is 6.10 Å². The Labute approximate surface area is 121 Å². The van der Waals surface area contributed by atoms with E-state index in [0.29, 0.717) is 12.6 Å². The van der Waals surface area contributed by atoms with Gasteiger partial charge in [-0.1, -0.05) is 30.7 Å². The minimum atomic E-state index is 0.208. The van der Waals surface area contributed by atoms with Crippen LogP contribution in [0.4, 0.5) is 0 Å². The summed E-state index contributed by atoms with van der Waals surface area (Å²) in [5.41, 5.74) is 2.81. The van der Waals surface area contributed by atoms with Crippen LogP contribution in [0.1, 0.15) is 42.9 Å². The summed E-state index contributed by atoms with van der Waals surface area (Å²) in [6.07, 6.45) is 5.93. The van der Waals surface area contributed by atoms with Gasteiger partial charge in [0.2, 0.25) is 0 Å². The van der Waals surface area contributed by atoms with Crippen molar-refractivity contribution in [3.05, 3.63) is 35.4 Å². The highest BCUT2D eigenvalue weighted by molar-refractivity contribution is 5.31. The third kappa shape index (κ3) is 3.05. The summed E-state index contributed by atoms with van der Waals surface area (Å²) < 4.78 is 6.03. The molecule has 1 aromatic rings. The predicted octanol–water partition coefficient (Wildman–Crippen LogP) is 2.54. The monoisotopic (exact) mass is 275 g/mol. The van der Waals surface area contributed by atoms with Crippen LogP contribution in [-0.2, 0) is 11.2 Å². The highest BCUT2D eigenvalue weighted by Gasteiger charge is 2.28. The second-order valence-corrected chi connectivity index (χ2v) is 5.97. The van der Waals surface area contributed by atoms with E-state index in [0.717, 1.165) is 32.5 Å². The Morgan fingerprint density at radius 3 is 3.05 bits per heavy atom. The number of hydrogen-bond donors (Lipinski definition) is 1. The summed E-state index contributed by atoms with van der Waals surface area (Å²) in [5.74, 6) is 0. The summed E-state index contributed by atoms with van der Waals surface area (Å²) >= 11 is 0. The zero-order valence-corrected chi connectivity index (χ0v) is 12.1. The first kappa shape index (κ1) is 14.1. The smallest absolute Gasteiger partial charge is 0.0954 e. The van der Waals surface area contributed by atoms with Crippen LogP contribution < -0.4 is 0 Å². The van der Waals surface area contributed by atoms with Crippen LogP contribution in [0.25, 0.3) is 0 Å². The second kappa shape index (κ2) is 6.70. The van der Waals surface area contributed by atoms with Crippen LogP contribution in [0.2, 0.25) is 0 Å². The lowest BCUT2D eigenvalue weighted by Crippen LogP contribution is -2.43. The lowest BCUT2D eigenvalue weighted by atomic mass is 9.94. The number of rotatable bonds is 4. The van der Waals surface area contributed by atoms with Crippen molar-refractivity contribution in [3.63, 3.8) is 0 Å². The average Bonchev–Trinajstić information content (AvgIpc) is 2.50. The van der Waals surface area contributed by atoms with Crippen molar-refractivity contribution in [3.8, 4) is 0 Å². The van der Waals surface area contributed by atoms with Crippen molar-refractivity contribution in [2.45, 2.75) is 44.2 Å². The summed E-state index contributed by atoms with van der Waals surface area (Å²) in [6.45, 7) is 3.25. The van der Waals surface area contributed by atoms with Crippen LogP contribution in [0.15, 0.2) is 24.3 Å². The summed E-state index contributed by atoms with van der Waals surface area (Å²) in [4.78, 5) is 2.53. The van der Waals surface area contributed by atoms with Crippen LogP contribution in [-0.4, -0.2) is 42.4 Å². The van der Waals surface area contributed by atoms with E-state index >= 15 is 0 Å². The molecule has 0 saturated carbocycles. The first-order chi connectivity index (χ1) is 9.88. The molecule has 1 fully saturated rings.